The van der Waals surface area contributed by atoms with Crippen LogP contribution >= 0.6 is 0 Å². The number of aliphatic hydroxyl groups excluding tert-OH is 1. The Labute approximate surface area is 198 Å². The number of carbonyl (C=O) groups is 1. The molecule has 4 N–H and O–H groups in total. The highest BCUT2D eigenvalue weighted by molar-refractivity contribution is 6.38. The summed E-state index contributed by atoms with van der Waals surface area (Å²) >= 11 is 0. The summed E-state index contributed by atoms with van der Waals surface area (Å²) in [7, 11) is 1.79. The van der Waals surface area contributed by atoms with Gasteiger partial charge in [0.1, 0.15) is 18.4 Å². The minimum atomic E-state index is -0.933. The van der Waals surface area contributed by atoms with Crippen molar-refractivity contribution in [1.29, 1.82) is 0 Å². The van der Waals surface area contributed by atoms with E-state index in [-0.39, 0.29) is 5.84 Å². The number of nitrogens with two attached hydrogens (primary N) is 1. The predicted octanol–water partition coefficient (Wildman–Crippen LogP) is -0.0559. The van der Waals surface area contributed by atoms with E-state index in [9.17, 15) is 9.90 Å². The third kappa shape index (κ3) is 5.99. The summed E-state index contributed by atoms with van der Waals surface area (Å²) in [5.74, 6) is 0.0554. The number of likely N-dealkylation sites (N-methyl/N-ethyl adjacent to an activating group) is 1. The van der Waals surface area contributed by atoms with E-state index in [0.717, 1.165) is 49.9 Å². The van der Waals surface area contributed by atoms with Gasteiger partial charge in [-0.05, 0) is 12.0 Å². The SMILES string of the molecule is CN1c2cc(CN3CCOCC3)nn2CCC(NC(=O)C(N)=NC=NCc2ccccc2)C1O. The van der Waals surface area contributed by atoms with Crippen LogP contribution in [0.1, 0.15) is 17.7 Å². The van der Waals surface area contributed by atoms with E-state index in [2.05, 4.69) is 20.2 Å². The van der Waals surface area contributed by atoms with Crippen LogP contribution < -0.4 is 16.0 Å². The number of amides is 1. The number of nitrogens with one attached hydrogen (secondary N) is 1. The molecule has 2 aromatic rings. The molecule has 0 radical (unpaired) electrons. The molecule has 2 unspecified atom stereocenters. The van der Waals surface area contributed by atoms with E-state index < -0.39 is 18.2 Å². The first-order valence-electron chi connectivity index (χ1n) is 11.5. The van der Waals surface area contributed by atoms with Gasteiger partial charge < -0.3 is 25.8 Å². The van der Waals surface area contributed by atoms with E-state index in [1.54, 1.807) is 11.9 Å². The van der Waals surface area contributed by atoms with Gasteiger partial charge in [0.05, 0.1) is 31.5 Å². The van der Waals surface area contributed by atoms with Gasteiger partial charge in [-0.3, -0.25) is 14.7 Å². The van der Waals surface area contributed by atoms with Crippen molar-refractivity contribution < 1.29 is 14.6 Å². The number of aliphatic hydroxyl groups is 1. The van der Waals surface area contributed by atoms with E-state index >= 15 is 0 Å². The largest absolute Gasteiger partial charge is 0.379 e. The van der Waals surface area contributed by atoms with Gasteiger partial charge in [0.25, 0.3) is 5.91 Å². The average molecular weight is 469 g/mol. The molecule has 3 heterocycles. The summed E-state index contributed by atoms with van der Waals surface area (Å²) in [6, 6.07) is 11.2. The zero-order valence-electron chi connectivity index (χ0n) is 19.4. The maximum absolute atomic E-state index is 12.5. The first-order valence-corrected chi connectivity index (χ1v) is 11.5. The lowest BCUT2D eigenvalue weighted by molar-refractivity contribution is -0.116. The van der Waals surface area contributed by atoms with Crippen LogP contribution in [-0.2, 0) is 29.2 Å². The monoisotopic (exact) mass is 468 g/mol. The number of aryl methyl sites for hydroxylation is 1. The number of hydrogen-bond donors (Lipinski definition) is 3. The van der Waals surface area contributed by atoms with Crippen molar-refractivity contribution in [3.05, 3.63) is 47.7 Å². The summed E-state index contributed by atoms with van der Waals surface area (Å²) in [5.41, 5.74) is 7.81. The number of aromatic nitrogens is 2. The van der Waals surface area contributed by atoms with Crippen LogP contribution in [0.4, 0.5) is 5.82 Å². The third-order valence-corrected chi connectivity index (χ3v) is 6.01. The van der Waals surface area contributed by atoms with Crippen molar-refractivity contribution in [2.24, 2.45) is 15.7 Å². The van der Waals surface area contributed by atoms with Gasteiger partial charge in [0.2, 0.25) is 0 Å². The third-order valence-electron chi connectivity index (χ3n) is 6.01. The fourth-order valence-electron chi connectivity index (χ4n) is 4.07. The summed E-state index contributed by atoms with van der Waals surface area (Å²) in [6.07, 6.45) is 0.847. The van der Waals surface area contributed by atoms with Gasteiger partial charge in [-0.15, -0.1) is 0 Å². The maximum atomic E-state index is 12.5. The second kappa shape index (κ2) is 11.2. The molecule has 1 amide bonds. The summed E-state index contributed by atoms with van der Waals surface area (Å²) in [5, 5.41) is 18.4. The number of ether oxygens (including phenoxy) is 1. The number of anilines is 1. The van der Waals surface area contributed by atoms with Crippen molar-refractivity contribution >= 4 is 23.9 Å². The Bertz CT molecular complexity index is 1020. The van der Waals surface area contributed by atoms with Gasteiger partial charge in [-0.2, -0.15) is 5.10 Å². The molecule has 2 atom stereocenters. The molecule has 4 rings (SSSR count). The van der Waals surface area contributed by atoms with Gasteiger partial charge in [0, 0.05) is 39.3 Å². The number of nitrogens with zero attached hydrogens (tertiary/aromatic N) is 6. The lowest BCUT2D eigenvalue weighted by Crippen LogP contribution is -2.52. The van der Waals surface area contributed by atoms with Crippen molar-refractivity contribution in [3.8, 4) is 0 Å². The van der Waals surface area contributed by atoms with Crippen LogP contribution in [0, 0.1) is 0 Å². The summed E-state index contributed by atoms with van der Waals surface area (Å²) in [6.45, 7) is 4.98. The molecule has 11 heteroatoms. The molecule has 0 saturated carbocycles. The maximum Gasteiger partial charge on any atom is 0.286 e. The van der Waals surface area contributed by atoms with Crippen molar-refractivity contribution in [2.75, 3.05) is 38.3 Å². The number of aliphatic imine (C=N–C) groups is 2. The minimum absolute atomic E-state index is 0.207. The molecule has 182 valence electrons. The number of rotatable bonds is 6. The first-order chi connectivity index (χ1) is 16.5. The lowest BCUT2D eigenvalue weighted by atomic mass is 10.1. The summed E-state index contributed by atoms with van der Waals surface area (Å²) in [4.78, 5) is 24.7. The Morgan fingerprint density at radius 3 is 2.82 bits per heavy atom. The van der Waals surface area contributed by atoms with Crippen LogP contribution in [-0.4, -0.2) is 83.5 Å². The number of morpholine rings is 1. The number of amidine groups is 1. The smallest absolute Gasteiger partial charge is 0.286 e. The average Bonchev–Trinajstić information content (AvgIpc) is 3.22. The van der Waals surface area contributed by atoms with Gasteiger partial charge in [-0.1, -0.05) is 30.3 Å². The normalized spacial score (nSPS) is 21.9. The van der Waals surface area contributed by atoms with E-state index in [1.807, 2.05) is 41.1 Å². The van der Waals surface area contributed by atoms with Crippen molar-refractivity contribution in [1.82, 2.24) is 20.0 Å². The molecule has 1 aromatic carbocycles. The fraction of sp³-hybridized carbons (Fsp3) is 0.478. The zero-order valence-corrected chi connectivity index (χ0v) is 19.4. The molecule has 1 fully saturated rings. The molecule has 0 spiro atoms. The first kappa shape index (κ1) is 23.9. The lowest BCUT2D eigenvalue weighted by Gasteiger charge is -2.29. The van der Waals surface area contributed by atoms with Crippen molar-refractivity contribution in [3.63, 3.8) is 0 Å². The standard InChI is InChI=1S/C23H32N8O3/c1-29-20-13-18(15-30-9-11-34-12-10-30)28-31(20)8-7-19(23(29)33)27-22(32)21(24)26-16-25-14-17-5-3-2-4-6-17/h2-6,13,16,19,23,33H,7-12,14-15H2,1H3,(H,27,32)(H2,24,25,26). The molecular formula is C23H32N8O3. The number of fused-ring (bicyclic) bond motifs is 1. The molecule has 34 heavy (non-hydrogen) atoms. The number of benzene rings is 1. The quantitative estimate of drug-likeness (QED) is 0.400. The zero-order chi connectivity index (χ0) is 23.9. The van der Waals surface area contributed by atoms with Gasteiger partial charge in [-0.25, -0.2) is 9.67 Å². The van der Waals surface area contributed by atoms with E-state index in [0.29, 0.717) is 19.5 Å². The van der Waals surface area contributed by atoms with Gasteiger partial charge >= 0.3 is 0 Å². The molecule has 1 aromatic heterocycles. The second-order valence-electron chi connectivity index (χ2n) is 8.45. The minimum Gasteiger partial charge on any atom is -0.379 e. The Balaban J connectivity index is 1.32. The molecule has 1 saturated heterocycles. The van der Waals surface area contributed by atoms with Crippen LogP contribution in [0.5, 0.6) is 0 Å². The van der Waals surface area contributed by atoms with Crippen LogP contribution in [0.25, 0.3) is 0 Å². The van der Waals surface area contributed by atoms with Gasteiger partial charge in [0.15, 0.2) is 5.84 Å². The molecule has 0 bridgehead atoms. The van der Waals surface area contributed by atoms with Crippen LogP contribution in [0.15, 0.2) is 46.4 Å². The molecule has 2 aliphatic rings. The Morgan fingerprint density at radius 1 is 1.29 bits per heavy atom. The predicted molar refractivity (Wildman–Crippen MR) is 130 cm³/mol. The molecule has 0 aliphatic carbocycles. The second-order valence-corrected chi connectivity index (χ2v) is 8.45. The Hall–Kier alpha value is -3.28. The number of carbonyl (C=O) groups excluding carboxylic acids is 1. The Kier molecular flexibility index (Phi) is 7.88. The highest BCUT2D eigenvalue weighted by atomic mass is 16.5. The Morgan fingerprint density at radius 2 is 2.06 bits per heavy atom. The highest BCUT2D eigenvalue weighted by Crippen LogP contribution is 2.24. The van der Waals surface area contributed by atoms with E-state index in [4.69, 9.17) is 15.6 Å². The molecule has 2 aliphatic heterocycles. The van der Waals surface area contributed by atoms with Crippen LogP contribution in [0.2, 0.25) is 0 Å². The molecular weight excluding hydrogens is 436 g/mol. The van der Waals surface area contributed by atoms with Crippen LogP contribution in [0.3, 0.4) is 0 Å². The topological polar surface area (TPSA) is 134 Å². The number of hydrogen-bond acceptors (Lipinski definition) is 7. The van der Waals surface area contributed by atoms with E-state index in [1.165, 1.54) is 6.34 Å². The highest BCUT2D eigenvalue weighted by Gasteiger charge is 2.31. The van der Waals surface area contributed by atoms with Crippen molar-refractivity contribution in [2.45, 2.75) is 38.3 Å². The fourth-order valence-corrected chi connectivity index (χ4v) is 4.07. The molecule has 11 nitrogen and oxygen atoms in total. The summed E-state index contributed by atoms with van der Waals surface area (Å²) < 4.78 is 7.28.